The lowest BCUT2D eigenvalue weighted by molar-refractivity contribution is -0.149. The number of hydrogen-bond acceptors (Lipinski definition) is 9. The molecule has 4 aromatic rings. The minimum atomic E-state index is -1.34. The molecule has 11 heteroatoms. The number of imidazole rings is 1. The molecular formula is C30H37N9O2. The number of carbonyl (C=O) groups excluding carboxylic acids is 1. The van der Waals surface area contributed by atoms with Crippen LogP contribution in [0.2, 0.25) is 0 Å². The maximum Gasteiger partial charge on any atom is 0.254 e. The lowest BCUT2D eigenvalue weighted by atomic mass is 10.1. The number of piperazine rings is 1. The van der Waals surface area contributed by atoms with E-state index in [1.165, 1.54) is 12.8 Å². The summed E-state index contributed by atoms with van der Waals surface area (Å²) in [4.78, 5) is 40.4. The Kier molecular flexibility index (Phi) is 7.31. The molecule has 2 saturated heterocycles. The summed E-state index contributed by atoms with van der Waals surface area (Å²) in [5.74, 6) is 2.08. The number of fused-ring (bicyclic) bond motifs is 1. The quantitative estimate of drug-likeness (QED) is 0.313. The second kappa shape index (κ2) is 11.1. The smallest absolute Gasteiger partial charge is 0.254 e. The molecule has 0 radical (unpaired) electrons. The van der Waals surface area contributed by atoms with Crippen molar-refractivity contribution < 1.29 is 9.90 Å². The third-order valence-corrected chi connectivity index (χ3v) is 8.05. The molecule has 214 valence electrons. The zero-order chi connectivity index (χ0) is 28.6. The van der Waals surface area contributed by atoms with Crippen LogP contribution < -0.4 is 10.2 Å². The largest absolute Gasteiger partial charge is 0.381 e. The van der Waals surface area contributed by atoms with Crippen LogP contribution in [0, 0.1) is 0 Å². The van der Waals surface area contributed by atoms with Gasteiger partial charge in [0.1, 0.15) is 23.6 Å². The summed E-state index contributed by atoms with van der Waals surface area (Å²) in [6.45, 7) is 10.0. The SMILES string of the molecule is CC(c1ccnc(Nc2nc3ccc(-c4cc(N5CCCC5)ncn4)cc3[nH]2)c1)N1CCN(C(=O)C(C)(C)O)CC1. The van der Waals surface area contributed by atoms with Gasteiger partial charge in [-0.1, -0.05) is 6.07 Å². The van der Waals surface area contributed by atoms with Gasteiger partial charge in [0.2, 0.25) is 5.95 Å². The van der Waals surface area contributed by atoms with Crippen LogP contribution in [-0.4, -0.2) is 90.6 Å². The molecule has 3 aromatic heterocycles. The molecule has 1 amide bonds. The van der Waals surface area contributed by atoms with Crippen LogP contribution in [0.5, 0.6) is 0 Å². The van der Waals surface area contributed by atoms with Gasteiger partial charge in [-0.2, -0.15) is 0 Å². The number of amides is 1. The predicted octanol–water partition coefficient (Wildman–Crippen LogP) is 3.73. The van der Waals surface area contributed by atoms with Crippen LogP contribution in [0.3, 0.4) is 0 Å². The Bertz CT molecular complexity index is 1530. The number of H-pyrrole nitrogens is 1. The molecule has 1 atom stereocenters. The van der Waals surface area contributed by atoms with E-state index >= 15 is 0 Å². The van der Waals surface area contributed by atoms with Gasteiger partial charge in [0.25, 0.3) is 5.91 Å². The molecule has 2 fully saturated rings. The van der Waals surface area contributed by atoms with Gasteiger partial charge in [-0.25, -0.2) is 19.9 Å². The normalized spacial score (nSPS) is 17.3. The standard InChI is InChI=1S/C30H37N9O2/c1-20(37-12-14-39(15-13-37)28(40)30(2,3)41)21-8-9-31-26(17-21)36-29-34-23-7-6-22(16-25(23)35-29)24-18-27(33-19-32-24)38-10-4-5-11-38/h6-9,16-20,41H,4-5,10-15H2,1-3H3,(H2,31,34,35,36). The maximum atomic E-state index is 12.4. The highest BCUT2D eigenvalue weighted by Crippen LogP contribution is 2.28. The van der Waals surface area contributed by atoms with Crippen LogP contribution in [0.4, 0.5) is 17.6 Å². The number of benzene rings is 1. The Hall–Kier alpha value is -4.09. The minimum Gasteiger partial charge on any atom is -0.381 e. The number of carbonyl (C=O) groups is 1. The second-order valence-corrected chi connectivity index (χ2v) is 11.4. The lowest BCUT2D eigenvalue weighted by Crippen LogP contribution is -2.54. The van der Waals surface area contributed by atoms with Crippen molar-refractivity contribution in [3.8, 4) is 11.3 Å². The Balaban J connectivity index is 1.13. The minimum absolute atomic E-state index is 0.148. The van der Waals surface area contributed by atoms with E-state index in [1.54, 1.807) is 31.3 Å². The van der Waals surface area contributed by atoms with Crippen LogP contribution in [-0.2, 0) is 4.79 Å². The Morgan fingerprint density at radius 1 is 1.00 bits per heavy atom. The van der Waals surface area contributed by atoms with E-state index in [1.807, 2.05) is 24.3 Å². The summed E-state index contributed by atoms with van der Waals surface area (Å²) in [5.41, 5.74) is 3.45. The number of rotatable bonds is 7. The van der Waals surface area contributed by atoms with Crippen molar-refractivity contribution in [1.82, 2.24) is 34.7 Å². The van der Waals surface area contributed by atoms with Gasteiger partial charge in [-0.3, -0.25) is 9.69 Å². The van der Waals surface area contributed by atoms with Crippen molar-refractivity contribution in [1.29, 1.82) is 0 Å². The van der Waals surface area contributed by atoms with E-state index in [0.717, 1.165) is 59.9 Å². The average Bonchev–Trinajstić information content (AvgIpc) is 3.66. The second-order valence-electron chi connectivity index (χ2n) is 11.4. The third kappa shape index (κ3) is 5.86. The van der Waals surface area contributed by atoms with Gasteiger partial charge in [-0.15, -0.1) is 0 Å². The first kappa shape index (κ1) is 27.1. The summed E-state index contributed by atoms with van der Waals surface area (Å²) in [6.07, 6.45) is 5.85. The number of nitrogens with zero attached hydrogens (tertiary/aromatic N) is 7. The number of nitrogens with one attached hydrogen (secondary N) is 2. The molecule has 41 heavy (non-hydrogen) atoms. The molecule has 1 unspecified atom stereocenters. The molecule has 11 nitrogen and oxygen atoms in total. The zero-order valence-electron chi connectivity index (χ0n) is 23.8. The Labute approximate surface area is 239 Å². The molecule has 0 bridgehead atoms. The molecule has 3 N–H and O–H groups in total. The van der Waals surface area contributed by atoms with Gasteiger partial charge in [0.15, 0.2) is 0 Å². The summed E-state index contributed by atoms with van der Waals surface area (Å²) in [5, 5.41) is 13.4. The van der Waals surface area contributed by atoms with E-state index in [2.05, 4.69) is 54.1 Å². The van der Waals surface area contributed by atoms with Gasteiger partial charge in [0, 0.05) is 63.1 Å². The first-order valence-electron chi connectivity index (χ1n) is 14.3. The fraction of sp³-hybridized carbons (Fsp3) is 0.433. The van der Waals surface area contributed by atoms with E-state index < -0.39 is 5.60 Å². The molecule has 0 spiro atoms. The van der Waals surface area contributed by atoms with Crippen molar-refractivity contribution in [2.75, 3.05) is 49.5 Å². The molecule has 2 aliphatic rings. The Morgan fingerprint density at radius 2 is 1.78 bits per heavy atom. The van der Waals surface area contributed by atoms with Gasteiger partial charge >= 0.3 is 0 Å². The first-order valence-corrected chi connectivity index (χ1v) is 14.3. The molecule has 5 heterocycles. The predicted molar refractivity (Wildman–Crippen MR) is 159 cm³/mol. The van der Waals surface area contributed by atoms with Crippen molar-refractivity contribution >= 4 is 34.5 Å². The summed E-state index contributed by atoms with van der Waals surface area (Å²) < 4.78 is 0. The number of anilines is 3. The summed E-state index contributed by atoms with van der Waals surface area (Å²) >= 11 is 0. The number of pyridine rings is 1. The van der Waals surface area contributed by atoms with Crippen molar-refractivity contribution in [3.05, 3.63) is 54.5 Å². The molecule has 0 saturated carbocycles. The van der Waals surface area contributed by atoms with Gasteiger partial charge in [0.05, 0.1) is 16.7 Å². The van der Waals surface area contributed by atoms with Crippen LogP contribution in [0.1, 0.15) is 45.2 Å². The van der Waals surface area contributed by atoms with Crippen molar-refractivity contribution in [2.24, 2.45) is 0 Å². The fourth-order valence-electron chi connectivity index (χ4n) is 5.66. The van der Waals surface area contributed by atoms with Crippen LogP contribution >= 0.6 is 0 Å². The monoisotopic (exact) mass is 555 g/mol. The van der Waals surface area contributed by atoms with E-state index in [9.17, 15) is 9.90 Å². The first-order chi connectivity index (χ1) is 19.7. The van der Waals surface area contributed by atoms with Gasteiger partial charge in [-0.05, 0) is 63.4 Å². The topological polar surface area (TPSA) is 126 Å². The molecule has 1 aromatic carbocycles. The fourth-order valence-corrected chi connectivity index (χ4v) is 5.66. The van der Waals surface area contributed by atoms with E-state index in [0.29, 0.717) is 24.9 Å². The highest BCUT2D eigenvalue weighted by atomic mass is 16.3. The number of aliphatic hydroxyl groups is 1. The maximum absolute atomic E-state index is 12.4. The average molecular weight is 556 g/mol. The van der Waals surface area contributed by atoms with Crippen LogP contribution in [0.25, 0.3) is 22.3 Å². The zero-order valence-corrected chi connectivity index (χ0v) is 23.8. The molecule has 0 aliphatic carbocycles. The lowest BCUT2D eigenvalue weighted by Gasteiger charge is -2.39. The Morgan fingerprint density at radius 3 is 2.54 bits per heavy atom. The van der Waals surface area contributed by atoms with Crippen molar-refractivity contribution in [2.45, 2.75) is 45.3 Å². The van der Waals surface area contributed by atoms with E-state index in [-0.39, 0.29) is 11.9 Å². The molecule has 6 rings (SSSR count). The molecular weight excluding hydrogens is 518 g/mol. The summed E-state index contributed by atoms with van der Waals surface area (Å²) in [6, 6.07) is 12.4. The summed E-state index contributed by atoms with van der Waals surface area (Å²) in [7, 11) is 0. The highest BCUT2D eigenvalue weighted by Gasteiger charge is 2.32. The highest BCUT2D eigenvalue weighted by molar-refractivity contribution is 5.84. The molecule has 2 aliphatic heterocycles. The van der Waals surface area contributed by atoms with Gasteiger partial charge < -0.3 is 25.2 Å². The third-order valence-electron chi connectivity index (χ3n) is 8.05. The van der Waals surface area contributed by atoms with E-state index in [4.69, 9.17) is 4.98 Å². The number of aromatic nitrogens is 5. The van der Waals surface area contributed by atoms with Crippen molar-refractivity contribution in [3.63, 3.8) is 0 Å². The number of hydrogen-bond donors (Lipinski definition) is 3. The number of aromatic amines is 1. The van der Waals surface area contributed by atoms with Crippen LogP contribution in [0.15, 0.2) is 48.9 Å².